The first-order chi connectivity index (χ1) is 10.3. The van der Waals surface area contributed by atoms with Gasteiger partial charge < -0.3 is 15.0 Å². The fourth-order valence-electron chi connectivity index (χ4n) is 2.31. The number of ether oxygens (including phenoxy) is 1. The van der Waals surface area contributed by atoms with Crippen LogP contribution in [0.15, 0.2) is 55.1 Å². The minimum absolute atomic E-state index is 0.498. The monoisotopic (exact) mass is 280 g/mol. The summed E-state index contributed by atoms with van der Waals surface area (Å²) < 4.78 is 7.46. The number of para-hydroxylation sites is 1. The Morgan fingerprint density at radius 2 is 2.10 bits per heavy atom. The molecule has 0 saturated carbocycles. The summed E-state index contributed by atoms with van der Waals surface area (Å²) in [6.07, 6.45) is 5.33. The fraction of sp³-hybridized carbons (Fsp3) is 0.125. The average Bonchev–Trinajstić information content (AvgIpc) is 2.96. The number of anilines is 1. The quantitative estimate of drug-likeness (QED) is 0.797. The number of nitrogens with zero attached hydrogens (tertiary/aromatic N) is 3. The van der Waals surface area contributed by atoms with Gasteiger partial charge in [0, 0.05) is 17.3 Å². The van der Waals surface area contributed by atoms with E-state index >= 15 is 0 Å². The van der Waals surface area contributed by atoms with Crippen molar-refractivity contribution < 1.29 is 4.74 Å². The number of pyridine rings is 1. The van der Waals surface area contributed by atoms with Gasteiger partial charge in [0.15, 0.2) is 0 Å². The molecule has 2 aromatic heterocycles. The summed E-state index contributed by atoms with van der Waals surface area (Å²) in [6.45, 7) is 0.682. The van der Waals surface area contributed by atoms with Crippen LogP contribution < -0.4 is 10.5 Å². The Morgan fingerprint density at radius 3 is 2.90 bits per heavy atom. The molecule has 2 heterocycles. The fourth-order valence-corrected chi connectivity index (χ4v) is 2.31. The number of methoxy groups -OCH3 is 1. The third kappa shape index (κ3) is 2.72. The lowest BCUT2D eigenvalue weighted by Gasteiger charge is -2.11. The van der Waals surface area contributed by atoms with E-state index in [0.29, 0.717) is 12.4 Å². The Hall–Kier alpha value is -2.82. The first-order valence-electron chi connectivity index (χ1n) is 6.62. The van der Waals surface area contributed by atoms with E-state index in [4.69, 9.17) is 10.5 Å². The standard InChI is InChI=1S/C16H16N4O/c1-21-15-5-3-2-4-13(15)10-20-11-18-9-14(20)12-6-7-19-16(17)8-12/h2-9,11H,10H2,1H3,(H2,17,19). The second kappa shape index (κ2) is 5.66. The zero-order valence-electron chi connectivity index (χ0n) is 11.7. The molecule has 0 radical (unpaired) electrons. The zero-order valence-corrected chi connectivity index (χ0v) is 11.7. The van der Waals surface area contributed by atoms with Gasteiger partial charge >= 0.3 is 0 Å². The minimum Gasteiger partial charge on any atom is -0.496 e. The van der Waals surface area contributed by atoms with Crippen LogP contribution in [-0.4, -0.2) is 21.6 Å². The highest BCUT2D eigenvalue weighted by Crippen LogP contribution is 2.24. The molecule has 3 rings (SSSR count). The molecule has 0 saturated heterocycles. The van der Waals surface area contributed by atoms with Crippen LogP contribution in [0.1, 0.15) is 5.56 Å². The van der Waals surface area contributed by atoms with Gasteiger partial charge in [-0.3, -0.25) is 0 Å². The van der Waals surface area contributed by atoms with Gasteiger partial charge in [0.2, 0.25) is 0 Å². The third-order valence-corrected chi connectivity index (χ3v) is 3.32. The van der Waals surface area contributed by atoms with Gasteiger partial charge in [0.05, 0.1) is 31.9 Å². The number of hydrogen-bond acceptors (Lipinski definition) is 4. The van der Waals surface area contributed by atoms with Crippen LogP contribution in [0, 0.1) is 0 Å². The molecule has 0 aliphatic rings. The predicted octanol–water partition coefficient (Wildman–Crippen LogP) is 2.58. The summed E-state index contributed by atoms with van der Waals surface area (Å²) in [5.74, 6) is 1.36. The van der Waals surface area contributed by atoms with Crippen molar-refractivity contribution in [1.82, 2.24) is 14.5 Å². The molecule has 2 N–H and O–H groups in total. The maximum Gasteiger partial charge on any atom is 0.123 e. The van der Waals surface area contributed by atoms with E-state index in [-0.39, 0.29) is 0 Å². The molecule has 0 aliphatic heterocycles. The molecule has 21 heavy (non-hydrogen) atoms. The van der Waals surface area contributed by atoms with Gasteiger partial charge in [-0.15, -0.1) is 0 Å². The lowest BCUT2D eigenvalue weighted by atomic mass is 10.1. The predicted molar refractivity (Wildman–Crippen MR) is 82.0 cm³/mol. The lowest BCUT2D eigenvalue weighted by molar-refractivity contribution is 0.408. The number of hydrogen-bond donors (Lipinski definition) is 1. The van der Waals surface area contributed by atoms with Crippen molar-refractivity contribution in [1.29, 1.82) is 0 Å². The Kier molecular flexibility index (Phi) is 3.55. The van der Waals surface area contributed by atoms with Crippen LogP contribution in [0.5, 0.6) is 5.75 Å². The highest BCUT2D eigenvalue weighted by molar-refractivity contribution is 5.62. The molecule has 0 aliphatic carbocycles. The van der Waals surface area contributed by atoms with Gasteiger partial charge in [-0.2, -0.15) is 0 Å². The number of imidazole rings is 1. The molecule has 5 heteroatoms. The van der Waals surface area contributed by atoms with E-state index in [1.54, 1.807) is 19.6 Å². The Balaban J connectivity index is 1.96. The lowest BCUT2D eigenvalue weighted by Crippen LogP contribution is -2.02. The number of aromatic nitrogens is 3. The Bertz CT molecular complexity index is 751. The average molecular weight is 280 g/mol. The number of nitrogens with two attached hydrogens (primary N) is 1. The molecule has 5 nitrogen and oxygen atoms in total. The van der Waals surface area contributed by atoms with Crippen molar-refractivity contribution in [3.8, 4) is 17.0 Å². The maximum absolute atomic E-state index is 5.75. The molecule has 106 valence electrons. The topological polar surface area (TPSA) is 66.0 Å². The van der Waals surface area contributed by atoms with Crippen molar-refractivity contribution in [3.05, 3.63) is 60.7 Å². The highest BCUT2D eigenvalue weighted by Gasteiger charge is 2.08. The van der Waals surface area contributed by atoms with E-state index < -0.39 is 0 Å². The summed E-state index contributed by atoms with van der Waals surface area (Å²) in [4.78, 5) is 8.26. The van der Waals surface area contributed by atoms with Gasteiger partial charge in [0.25, 0.3) is 0 Å². The van der Waals surface area contributed by atoms with E-state index in [1.165, 1.54) is 0 Å². The second-order valence-corrected chi connectivity index (χ2v) is 4.69. The normalized spacial score (nSPS) is 10.5. The van der Waals surface area contributed by atoms with Crippen molar-refractivity contribution in [2.75, 3.05) is 12.8 Å². The first-order valence-corrected chi connectivity index (χ1v) is 6.62. The van der Waals surface area contributed by atoms with Crippen molar-refractivity contribution in [3.63, 3.8) is 0 Å². The Morgan fingerprint density at radius 1 is 1.24 bits per heavy atom. The van der Waals surface area contributed by atoms with Crippen LogP contribution in [0.3, 0.4) is 0 Å². The van der Waals surface area contributed by atoms with E-state index in [2.05, 4.69) is 14.5 Å². The van der Waals surface area contributed by atoms with Gasteiger partial charge in [-0.1, -0.05) is 18.2 Å². The second-order valence-electron chi connectivity index (χ2n) is 4.69. The van der Waals surface area contributed by atoms with Crippen molar-refractivity contribution in [2.24, 2.45) is 0 Å². The zero-order chi connectivity index (χ0) is 14.7. The van der Waals surface area contributed by atoms with Crippen LogP contribution in [0.25, 0.3) is 11.3 Å². The molecule has 0 fully saturated rings. The molecular weight excluding hydrogens is 264 g/mol. The third-order valence-electron chi connectivity index (χ3n) is 3.32. The van der Waals surface area contributed by atoms with E-state index in [1.807, 2.05) is 42.6 Å². The molecular formula is C16H16N4O. The SMILES string of the molecule is COc1ccccc1Cn1cncc1-c1ccnc(N)c1. The molecule has 3 aromatic rings. The van der Waals surface area contributed by atoms with Crippen molar-refractivity contribution in [2.45, 2.75) is 6.54 Å². The van der Waals surface area contributed by atoms with Crippen LogP contribution in [-0.2, 0) is 6.54 Å². The number of rotatable bonds is 4. The summed E-state index contributed by atoms with van der Waals surface area (Å²) in [5.41, 5.74) is 8.84. The van der Waals surface area contributed by atoms with Gasteiger partial charge in [-0.05, 0) is 18.2 Å². The summed E-state index contributed by atoms with van der Waals surface area (Å²) >= 11 is 0. The number of benzene rings is 1. The van der Waals surface area contributed by atoms with Crippen LogP contribution in [0.2, 0.25) is 0 Å². The van der Waals surface area contributed by atoms with Crippen molar-refractivity contribution >= 4 is 5.82 Å². The molecule has 0 unspecified atom stereocenters. The molecule has 1 aromatic carbocycles. The summed E-state index contributed by atoms with van der Waals surface area (Å²) in [5, 5.41) is 0. The largest absolute Gasteiger partial charge is 0.496 e. The molecule has 0 spiro atoms. The van der Waals surface area contributed by atoms with Crippen LogP contribution in [0.4, 0.5) is 5.82 Å². The Labute approximate surface area is 123 Å². The molecule has 0 bridgehead atoms. The van der Waals surface area contributed by atoms with Crippen LogP contribution >= 0.6 is 0 Å². The smallest absolute Gasteiger partial charge is 0.123 e. The van der Waals surface area contributed by atoms with Gasteiger partial charge in [-0.25, -0.2) is 9.97 Å². The molecule has 0 amide bonds. The van der Waals surface area contributed by atoms with E-state index in [9.17, 15) is 0 Å². The first kappa shape index (κ1) is 13.2. The highest BCUT2D eigenvalue weighted by atomic mass is 16.5. The summed E-state index contributed by atoms with van der Waals surface area (Å²) in [7, 11) is 1.68. The minimum atomic E-state index is 0.498. The summed E-state index contributed by atoms with van der Waals surface area (Å²) in [6, 6.07) is 11.7. The van der Waals surface area contributed by atoms with Gasteiger partial charge in [0.1, 0.15) is 11.6 Å². The number of nitrogen functional groups attached to an aromatic ring is 1. The maximum atomic E-state index is 5.75. The molecule has 0 atom stereocenters. The van der Waals surface area contributed by atoms with E-state index in [0.717, 1.165) is 22.6 Å².